The molecular formula is C28H25N3O4. The van der Waals surface area contributed by atoms with Crippen LogP contribution in [0.2, 0.25) is 0 Å². The normalized spacial score (nSPS) is 19.4. The van der Waals surface area contributed by atoms with Crippen molar-refractivity contribution in [1.29, 1.82) is 0 Å². The van der Waals surface area contributed by atoms with Gasteiger partial charge < -0.3 is 9.47 Å². The molecule has 0 aliphatic carbocycles. The first kappa shape index (κ1) is 22.6. The molecule has 0 saturated carbocycles. The topological polar surface area (TPSA) is 71.4 Å². The summed E-state index contributed by atoms with van der Waals surface area (Å²) in [5.41, 5.74) is 3.38. The number of carbonyl (C=O) groups is 2. The van der Waals surface area contributed by atoms with Crippen molar-refractivity contribution in [2.45, 2.75) is 12.5 Å². The molecule has 0 spiro atoms. The monoisotopic (exact) mass is 467 g/mol. The van der Waals surface area contributed by atoms with Crippen LogP contribution in [-0.2, 0) is 24.6 Å². The number of methoxy groups -OCH3 is 2. The highest BCUT2D eigenvalue weighted by atomic mass is 16.5. The van der Waals surface area contributed by atoms with Crippen molar-refractivity contribution >= 4 is 23.3 Å². The van der Waals surface area contributed by atoms with Gasteiger partial charge >= 0.3 is 11.9 Å². The molecule has 1 atom stereocenters. The van der Waals surface area contributed by atoms with Crippen LogP contribution in [0.1, 0.15) is 16.7 Å². The summed E-state index contributed by atoms with van der Waals surface area (Å²) in [6.07, 6.45) is 0. The van der Waals surface area contributed by atoms with E-state index in [0.717, 1.165) is 22.4 Å². The van der Waals surface area contributed by atoms with E-state index < -0.39 is 17.5 Å². The van der Waals surface area contributed by atoms with Crippen LogP contribution in [-0.4, -0.2) is 43.4 Å². The third-order valence-corrected chi connectivity index (χ3v) is 6.45. The van der Waals surface area contributed by atoms with Gasteiger partial charge in [0, 0.05) is 5.56 Å². The van der Waals surface area contributed by atoms with Gasteiger partial charge in [-0.2, -0.15) is 15.2 Å². The summed E-state index contributed by atoms with van der Waals surface area (Å²) >= 11 is 0. The number of nitrogens with zero attached hydrogens (tertiary/aromatic N) is 3. The Bertz CT molecular complexity index is 1330. The van der Waals surface area contributed by atoms with Gasteiger partial charge in [-0.25, -0.2) is 9.59 Å². The van der Waals surface area contributed by atoms with Gasteiger partial charge in [-0.1, -0.05) is 78.4 Å². The number of carbonyl (C=O) groups excluding carboxylic acids is 2. The van der Waals surface area contributed by atoms with Gasteiger partial charge in [-0.15, -0.1) is 0 Å². The molecule has 0 saturated heterocycles. The van der Waals surface area contributed by atoms with Crippen LogP contribution < -0.4 is 5.12 Å². The van der Waals surface area contributed by atoms with E-state index in [4.69, 9.17) is 14.6 Å². The lowest BCUT2D eigenvalue weighted by atomic mass is 9.76. The van der Waals surface area contributed by atoms with Gasteiger partial charge in [-0.3, -0.25) is 0 Å². The molecule has 0 N–H and O–H groups in total. The fourth-order valence-electron chi connectivity index (χ4n) is 4.88. The summed E-state index contributed by atoms with van der Waals surface area (Å²) in [6.45, 7) is 2.13. The minimum Gasteiger partial charge on any atom is -0.466 e. The number of aryl methyl sites for hydroxylation is 1. The number of hydrogen-bond donors (Lipinski definition) is 0. The summed E-state index contributed by atoms with van der Waals surface area (Å²) < 4.78 is 10.4. The summed E-state index contributed by atoms with van der Waals surface area (Å²) in [5, 5.41) is 8.77. The first-order chi connectivity index (χ1) is 17.0. The van der Waals surface area contributed by atoms with Crippen LogP contribution in [0.4, 0.5) is 5.69 Å². The number of benzene rings is 3. The van der Waals surface area contributed by atoms with E-state index in [1.165, 1.54) is 14.2 Å². The number of fused-ring (bicyclic) bond motifs is 1. The van der Waals surface area contributed by atoms with E-state index in [2.05, 4.69) is 0 Å². The minimum atomic E-state index is -1.20. The van der Waals surface area contributed by atoms with E-state index in [9.17, 15) is 9.59 Å². The second-order valence-corrected chi connectivity index (χ2v) is 8.41. The van der Waals surface area contributed by atoms with Crippen LogP contribution in [0.3, 0.4) is 0 Å². The molecule has 7 nitrogen and oxygen atoms in total. The number of hydrazine groups is 1. The summed E-state index contributed by atoms with van der Waals surface area (Å²) in [6, 6.07) is 27.2. The zero-order valence-electron chi connectivity index (χ0n) is 19.8. The summed E-state index contributed by atoms with van der Waals surface area (Å²) in [4.78, 5) is 26.5. The fourth-order valence-corrected chi connectivity index (χ4v) is 4.88. The van der Waals surface area contributed by atoms with Crippen molar-refractivity contribution in [3.63, 3.8) is 0 Å². The molecule has 2 aliphatic rings. The Labute approximate surface area is 203 Å². The van der Waals surface area contributed by atoms with Crippen molar-refractivity contribution in [1.82, 2.24) is 5.01 Å². The van der Waals surface area contributed by atoms with Crippen molar-refractivity contribution in [3.05, 3.63) is 113 Å². The molecule has 0 aromatic heterocycles. The van der Waals surface area contributed by atoms with E-state index in [0.29, 0.717) is 5.71 Å². The first-order valence-electron chi connectivity index (χ1n) is 11.3. The Morgan fingerprint density at radius 1 is 0.829 bits per heavy atom. The Morgan fingerprint density at radius 2 is 1.43 bits per heavy atom. The highest BCUT2D eigenvalue weighted by molar-refractivity contribution is 6.19. The largest absolute Gasteiger partial charge is 0.466 e. The maximum atomic E-state index is 13.4. The molecule has 2 heterocycles. The first-order valence-corrected chi connectivity index (χ1v) is 11.3. The average molecular weight is 468 g/mol. The predicted molar refractivity (Wildman–Crippen MR) is 133 cm³/mol. The molecule has 0 amide bonds. The van der Waals surface area contributed by atoms with E-state index in [1.54, 1.807) is 5.12 Å². The number of hydrazone groups is 1. The van der Waals surface area contributed by atoms with E-state index >= 15 is 0 Å². The number of rotatable bonds is 5. The van der Waals surface area contributed by atoms with Crippen LogP contribution in [0.5, 0.6) is 0 Å². The van der Waals surface area contributed by atoms with Crippen LogP contribution in [0.25, 0.3) is 0 Å². The Balaban J connectivity index is 1.86. The van der Waals surface area contributed by atoms with Crippen molar-refractivity contribution in [2.24, 2.45) is 5.10 Å². The van der Waals surface area contributed by atoms with Gasteiger partial charge in [0.05, 0.1) is 37.6 Å². The molecule has 3 aromatic rings. The van der Waals surface area contributed by atoms with E-state index in [1.807, 2.05) is 96.9 Å². The summed E-state index contributed by atoms with van der Waals surface area (Å²) in [7, 11) is 2.63. The lowest BCUT2D eigenvalue weighted by Gasteiger charge is -2.38. The Kier molecular flexibility index (Phi) is 5.70. The second-order valence-electron chi connectivity index (χ2n) is 8.41. The van der Waals surface area contributed by atoms with Gasteiger partial charge in [0.1, 0.15) is 11.3 Å². The molecule has 7 heteroatoms. The molecule has 2 aliphatic heterocycles. The number of anilines is 1. The average Bonchev–Trinajstić information content (AvgIpc) is 3.43. The van der Waals surface area contributed by atoms with Crippen molar-refractivity contribution < 1.29 is 19.1 Å². The molecule has 176 valence electrons. The van der Waals surface area contributed by atoms with Crippen LogP contribution in [0, 0.1) is 6.92 Å². The van der Waals surface area contributed by atoms with Crippen LogP contribution >= 0.6 is 0 Å². The second kappa shape index (κ2) is 8.85. The van der Waals surface area contributed by atoms with Crippen molar-refractivity contribution in [2.75, 3.05) is 25.9 Å². The molecular weight excluding hydrogens is 442 g/mol. The molecule has 0 bridgehead atoms. The fraction of sp³-hybridized carbons (Fsp3) is 0.179. The van der Waals surface area contributed by atoms with Gasteiger partial charge in [0.15, 0.2) is 0 Å². The predicted octanol–water partition coefficient (Wildman–Crippen LogP) is 3.99. The smallest absolute Gasteiger partial charge is 0.337 e. The third-order valence-electron chi connectivity index (χ3n) is 6.45. The minimum absolute atomic E-state index is 0.111. The summed E-state index contributed by atoms with van der Waals surface area (Å²) in [5.74, 6) is -1.18. The zero-order chi connectivity index (χ0) is 24.6. The Hall–Kier alpha value is -4.23. The SMILES string of the molecule is COC(=O)C1=C(C(=O)OC)C2(c3ccccc3)C(c3ccccc3)=NN(c3ccc(C)cc3)N2C1. The highest BCUT2D eigenvalue weighted by Crippen LogP contribution is 2.51. The maximum Gasteiger partial charge on any atom is 0.337 e. The zero-order valence-corrected chi connectivity index (χ0v) is 19.8. The lowest BCUT2D eigenvalue weighted by Crippen LogP contribution is -2.51. The number of esters is 2. The van der Waals surface area contributed by atoms with Gasteiger partial charge in [0.25, 0.3) is 0 Å². The molecule has 0 radical (unpaired) electrons. The molecule has 5 rings (SSSR count). The Morgan fingerprint density at radius 3 is 2.03 bits per heavy atom. The van der Waals surface area contributed by atoms with E-state index in [-0.39, 0.29) is 17.7 Å². The molecule has 35 heavy (non-hydrogen) atoms. The van der Waals surface area contributed by atoms with Gasteiger partial charge in [-0.05, 0) is 24.6 Å². The lowest BCUT2D eigenvalue weighted by molar-refractivity contribution is -0.139. The molecule has 0 fully saturated rings. The standard InChI is InChI=1S/C28H25N3O4/c1-19-14-16-22(17-15-19)31-29-25(20-10-6-4-7-11-20)28(21-12-8-5-9-13-21)24(27(33)35-3)23(18-30(28)31)26(32)34-2/h4-17H,18H2,1-3H3. The van der Waals surface area contributed by atoms with Crippen molar-refractivity contribution in [3.8, 4) is 0 Å². The molecule has 1 unspecified atom stereocenters. The highest BCUT2D eigenvalue weighted by Gasteiger charge is 2.62. The quantitative estimate of drug-likeness (QED) is 0.529. The molecule has 3 aromatic carbocycles. The number of ether oxygens (including phenoxy) is 2. The maximum absolute atomic E-state index is 13.4. The van der Waals surface area contributed by atoms with Gasteiger partial charge in [0.2, 0.25) is 0 Å². The third kappa shape index (κ3) is 3.43. The number of hydrogen-bond acceptors (Lipinski definition) is 7. The van der Waals surface area contributed by atoms with Crippen LogP contribution in [0.15, 0.2) is 101 Å².